The van der Waals surface area contributed by atoms with Gasteiger partial charge in [-0.05, 0) is 23.3 Å². The maximum atomic E-state index is 13.5. The van der Waals surface area contributed by atoms with E-state index in [0.29, 0.717) is 11.1 Å². The highest BCUT2D eigenvalue weighted by molar-refractivity contribution is 7.89. The zero-order valence-corrected chi connectivity index (χ0v) is 11.7. The fourth-order valence-electron chi connectivity index (χ4n) is 1.83. The highest BCUT2D eigenvalue weighted by Crippen LogP contribution is 2.18. The average Bonchev–Trinajstić information content (AvgIpc) is 2.45. The third-order valence-corrected chi connectivity index (χ3v) is 4.28. The van der Waals surface area contributed by atoms with Crippen molar-refractivity contribution in [3.05, 3.63) is 65.2 Å². The molecule has 0 saturated heterocycles. The van der Waals surface area contributed by atoms with Gasteiger partial charge in [0, 0.05) is 6.54 Å². The molecule has 4 nitrogen and oxygen atoms in total. The second kappa shape index (κ2) is 6.30. The first kappa shape index (κ1) is 15.6. The van der Waals surface area contributed by atoms with Crippen molar-refractivity contribution in [1.29, 1.82) is 0 Å². The summed E-state index contributed by atoms with van der Waals surface area (Å²) in [7, 11) is -4.30. The Kier molecular flexibility index (Phi) is 4.66. The second-order valence-corrected chi connectivity index (χ2v) is 6.06. The van der Waals surface area contributed by atoms with Crippen molar-refractivity contribution in [2.45, 2.75) is 18.0 Å². The predicted molar refractivity (Wildman–Crippen MR) is 72.7 cm³/mol. The molecule has 2 aromatic carbocycles. The second-order valence-electron chi connectivity index (χ2n) is 4.35. The minimum Gasteiger partial charge on any atom is -0.392 e. The largest absolute Gasteiger partial charge is 0.392 e. The maximum absolute atomic E-state index is 13.5. The van der Waals surface area contributed by atoms with E-state index in [1.54, 1.807) is 24.3 Å². The number of benzene rings is 2. The first-order chi connectivity index (χ1) is 9.94. The molecule has 0 unspecified atom stereocenters. The molecule has 0 aliphatic rings. The third kappa shape index (κ3) is 3.63. The summed E-state index contributed by atoms with van der Waals surface area (Å²) in [5, 5.41) is 9.00. The van der Waals surface area contributed by atoms with Crippen molar-refractivity contribution in [2.24, 2.45) is 0 Å². The van der Waals surface area contributed by atoms with Crippen molar-refractivity contribution in [1.82, 2.24) is 4.72 Å². The lowest BCUT2D eigenvalue weighted by molar-refractivity contribution is 0.281. The number of halogens is 2. The molecule has 0 radical (unpaired) electrons. The smallest absolute Gasteiger partial charge is 0.246 e. The van der Waals surface area contributed by atoms with Gasteiger partial charge in [-0.15, -0.1) is 0 Å². The molecule has 2 rings (SSSR count). The molecule has 2 aromatic rings. The number of sulfonamides is 1. The van der Waals surface area contributed by atoms with E-state index >= 15 is 0 Å². The standard InChI is InChI=1S/C14H13F2NO3S/c15-12-5-2-6-13(16)14(12)21(19,20)17-8-10-3-1-4-11(7-10)9-18/h1-7,17-18H,8-9H2. The number of aliphatic hydroxyl groups is 1. The number of hydrogen-bond acceptors (Lipinski definition) is 3. The fourth-order valence-corrected chi connectivity index (χ4v) is 2.98. The Labute approximate surface area is 121 Å². The Hall–Kier alpha value is -1.83. The van der Waals surface area contributed by atoms with E-state index < -0.39 is 26.6 Å². The Balaban J connectivity index is 2.22. The lowest BCUT2D eigenvalue weighted by atomic mass is 10.1. The topological polar surface area (TPSA) is 66.4 Å². The molecule has 0 fully saturated rings. The molecule has 7 heteroatoms. The summed E-state index contributed by atoms with van der Waals surface area (Å²) in [6.45, 7) is -0.313. The molecule has 0 aromatic heterocycles. The molecular formula is C14H13F2NO3S. The average molecular weight is 313 g/mol. The highest BCUT2D eigenvalue weighted by Gasteiger charge is 2.23. The van der Waals surface area contributed by atoms with Gasteiger partial charge in [-0.3, -0.25) is 0 Å². The molecule has 21 heavy (non-hydrogen) atoms. The van der Waals surface area contributed by atoms with Crippen LogP contribution in [-0.4, -0.2) is 13.5 Å². The third-order valence-electron chi connectivity index (χ3n) is 2.83. The van der Waals surface area contributed by atoms with Crippen molar-refractivity contribution >= 4 is 10.0 Å². The van der Waals surface area contributed by atoms with Crippen molar-refractivity contribution in [2.75, 3.05) is 0 Å². The van der Waals surface area contributed by atoms with Gasteiger partial charge in [-0.1, -0.05) is 30.3 Å². The van der Waals surface area contributed by atoms with Gasteiger partial charge in [0.25, 0.3) is 0 Å². The van der Waals surface area contributed by atoms with Crippen LogP contribution in [0.5, 0.6) is 0 Å². The maximum Gasteiger partial charge on any atom is 0.246 e. The monoisotopic (exact) mass is 313 g/mol. The fraction of sp³-hybridized carbons (Fsp3) is 0.143. The van der Waals surface area contributed by atoms with Gasteiger partial charge in [0.1, 0.15) is 11.6 Å². The van der Waals surface area contributed by atoms with E-state index in [-0.39, 0.29) is 13.2 Å². The van der Waals surface area contributed by atoms with Gasteiger partial charge in [-0.2, -0.15) is 0 Å². The van der Waals surface area contributed by atoms with E-state index in [4.69, 9.17) is 5.11 Å². The van der Waals surface area contributed by atoms with E-state index in [1.165, 1.54) is 0 Å². The molecule has 0 saturated carbocycles. The van der Waals surface area contributed by atoms with Crippen LogP contribution in [-0.2, 0) is 23.2 Å². The van der Waals surface area contributed by atoms with Gasteiger partial charge in [0.05, 0.1) is 6.61 Å². The molecule has 0 aliphatic carbocycles. The van der Waals surface area contributed by atoms with Crippen LogP contribution in [0, 0.1) is 11.6 Å². The summed E-state index contributed by atoms with van der Waals surface area (Å²) in [5.74, 6) is -2.29. The van der Waals surface area contributed by atoms with E-state index in [9.17, 15) is 17.2 Å². The van der Waals surface area contributed by atoms with E-state index in [2.05, 4.69) is 4.72 Å². The predicted octanol–water partition coefficient (Wildman–Crippen LogP) is 1.94. The Morgan fingerprint density at radius 3 is 2.19 bits per heavy atom. The van der Waals surface area contributed by atoms with Crippen LogP contribution in [0.2, 0.25) is 0 Å². The molecule has 0 bridgehead atoms. The quantitative estimate of drug-likeness (QED) is 0.886. The van der Waals surface area contributed by atoms with Gasteiger partial charge < -0.3 is 5.11 Å². The molecule has 0 atom stereocenters. The highest BCUT2D eigenvalue weighted by atomic mass is 32.2. The van der Waals surface area contributed by atoms with Crippen LogP contribution in [0.15, 0.2) is 47.4 Å². The lowest BCUT2D eigenvalue weighted by Gasteiger charge is -2.09. The number of nitrogens with one attached hydrogen (secondary N) is 1. The van der Waals surface area contributed by atoms with Crippen LogP contribution in [0.25, 0.3) is 0 Å². The van der Waals surface area contributed by atoms with Crippen LogP contribution >= 0.6 is 0 Å². The van der Waals surface area contributed by atoms with Crippen molar-refractivity contribution < 1.29 is 22.3 Å². The van der Waals surface area contributed by atoms with Crippen LogP contribution in [0.1, 0.15) is 11.1 Å². The Morgan fingerprint density at radius 1 is 1.00 bits per heavy atom. The zero-order valence-electron chi connectivity index (χ0n) is 10.9. The Bertz CT molecular complexity index is 727. The van der Waals surface area contributed by atoms with Crippen molar-refractivity contribution in [3.63, 3.8) is 0 Å². The molecule has 0 aliphatic heterocycles. The summed E-state index contributed by atoms with van der Waals surface area (Å²) in [6.07, 6.45) is 0. The molecule has 0 amide bonds. The van der Waals surface area contributed by atoms with E-state index in [0.717, 1.165) is 18.2 Å². The number of aliphatic hydroxyl groups excluding tert-OH is 1. The SMILES string of the molecule is O=S(=O)(NCc1cccc(CO)c1)c1c(F)cccc1F. The summed E-state index contributed by atoms with van der Waals surface area (Å²) in [6, 6.07) is 9.41. The summed E-state index contributed by atoms with van der Waals surface area (Å²) in [5.41, 5.74) is 1.19. The van der Waals surface area contributed by atoms with E-state index in [1.807, 2.05) is 0 Å². The first-order valence-electron chi connectivity index (χ1n) is 6.06. The van der Waals surface area contributed by atoms with Crippen LogP contribution < -0.4 is 4.72 Å². The molecule has 112 valence electrons. The number of rotatable bonds is 5. The minimum absolute atomic E-state index is 0.135. The summed E-state index contributed by atoms with van der Waals surface area (Å²) >= 11 is 0. The van der Waals surface area contributed by atoms with Crippen LogP contribution in [0.4, 0.5) is 8.78 Å². The van der Waals surface area contributed by atoms with Gasteiger partial charge >= 0.3 is 0 Å². The first-order valence-corrected chi connectivity index (χ1v) is 7.54. The molecule has 0 spiro atoms. The summed E-state index contributed by atoms with van der Waals surface area (Å²) < 4.78 is 53.1. The summed E-state index contributed by atoms with van der Waals surface area (Å²) in [4.78, 5) is -0.997. The van der Waals surface area contributed by atoms with Gasteiger partial charge in [0.2, 0.25) is 10.0 Å². The van der Waals surface area contributed by atoms with Crippen molar-refractivity contribution in [3.8, 4) is 0 Å². The number of hydrogen-bond donors (Lipinski definition) is 2. The normalized spacial score (nSPS) is 11.6. The van der Waals surface area contributed by atoms with Gasteiger partial charge in [-0.25, -0.2) is 21.9 Å². The van der Waals surface area contributed by atoms with Crippen LogP contribution in [0.3, 0.4) is 0 Å². The van der Waals surface area contributed by atoms with Gasteiger partial charge in [0.15, 0.2) is 4.90 Å². The molecule has 0 heterocycles. The molecule has 2 N–H and O–H groups in total. The zero-order chi connectivity index (χ0) is 15.5. The molecular weight excluding hydrogens is 300 g/mol. The minimum atomic E-state index is -4.30. The lowest BCUT2D eigenvalue weighted by Crippen LogP contribution is -2.25. The Morgan fingerprint density at radius 2 is 1.57 bits per heavy atom.